The lowest BCUT2D eigenvalue weighted by atomic mass is 9.96. The second-order valence-electron chi connectivity index (χ2n) is 10.2. The van der Waals surface area contributed by atoms with Gasteiger partial charge < -0.3 is 9.47 Å². The molecule has 5 aromatic rings. The summed E-state index contributed by atoms with van der Waals surface area (Å²) in [4.78, 5) is 32.6. The van der Waals surface area contributed by atoms with Crippen LogP contribution in [-0.4, -0.2) is 34.0 Å². The number of carbonyl (C=O) groups is 1. The van der Waals surface area contributed by atoms with Gasteiger partial charge in [0.2, 0.25) is 0 Å². The van der Waals surface area contributed by atoms with Crippen LogP contribution in [0.5, 0.6) is 5.75 Å². The quantitative estimate of drug-likeness (QED) is 0.250. The van der Waals surface area contributed by atoms with Crippen LogP contribution in [0.15, 0.2) is 106 Å². The van der Waals surface area contributed by atoms with Gasteiger partial charge in [0.15, 0.2) is 4.80 Å². The molecule has 0 bridgehead atoms. The van der Waals surface area contributed by atoms with Gasteiger partial charge >= 0.3 is 5.97 Å². The van der Waals surface area contributed by atoms with E-state index in [0.717, 1.165) is 33.6 Å². The Balaban J connectivity index is 1.55. The Morgan fingerprint density at radius 3 is 2.40 bits per heavy atom. The molecule has 0 radical (unpaired) electrons. The Kier molecular flexibility index (Phi) is 7.65. The Morgan fingerprint density at radius 2 is 1.72 bits per heavy atom. The van der Waals surface area contributed by atoms with E-state index in [0.29, 0.717) is 26.4 Å². The van der Waals surface area contributed by atoms with Gasteiger partial charge in [0.05, 0.1) is 46.9 Å². The number of methoxy groups -OCH3 is 1. The minimum atomic E-state index is -0.702. The molecule has 3 heterocycles. The zero-order valence-corrected chi connectivity index (χ0v) is 25.1. The number of nitrogens with zero attached hydrogens (tertiary/aromatic N) is 4. The first kappa shape index (κ1) is 28.1. The molecule has 1 aliphatic rings. The lowest BCUT2D eigenvalue weighted by molar-refractivity contribution is -0.139. The Hall–Kier alpha value is -5.02. The molecule has 0 fully saturated rings. The standard InChI is InChI=1S/C34H30N4O4S/c1-5-42-33(40)29-22(3)35-34-38(31(29)24-15-17-27(41-4)18-16-24)32(39)28(43-34)19-25-20-37(26-9-7-6-8-10-26)36-30(25)23-13-11-21(2)12-14-23/h6-20,31H,5H2,1-4H3. The number of fused-ring (bicyclic) bond motifs is 1. The summed E-state index contributed by atoms with van der Waals surface area (Å²) >= 11 is 1.29. The van der Waals surface area contributed by atoms with E-state index in [-0.39, 0.29) is 12.2 Å². The fraction of sp³-hybridized carbons (Fsp3) is 0.176. The van der Waals surface area contributed by atoms with E-state index in [4.69, 9.17) is 19.6 Å². The van der Waals surface area contributed by atoms with Gasteiger partial charge in [-0.15, -0.1) is 0 Å². The van der Waals surface area contributed by atoms with E-state index in [1.165, 1.54) is 11.3 Å². The normalized spacial score (nSPS) is 14.8. The lowest BCUT2D eigenvalue weighted by Crippen LogP contribution is -2.39. The fourth-order valence-corrected chi connectivity index (χ4v) is 6.21. The average Bonchev–Trinajstić information content (AvgIpc) is 3.58. The molecule has 216 valence electrons. The van der Waals surface area contributed by atoms with E-state index in [2.05, 4.69) is 0 Å². The van der Waals surface area contributed by atoms with Gasteiger partial charge in [0, 0.05) is 17.3 Å². The predicted molar refractivity (Wildman–Crippen MR) is 167 cm³/mol. The summed E-state index contributed by atoms with van der Waals surface area (Å²) in [5, 5.41) is 4.91. The molecule has 0 saturated carbocycles. The third kappa shape index (κ3) is 5.35. The number of carbonyl (C=O) groups excluding carboxylic acids is 1. The number of allylic oxidation sites excluding steroid dienone is 1. The van der Waals surface area contributed by atoms with Crippen molar-refractivity contribution in [1.29, 1.82) is 0 Å². The van der Waals surface area contributed by atoms with E-state index >= 15 is 0 Å². The largest absolute Gasteiger partial charge is 0.497 e. The number of thiazole rings is 1. The molecule has 0 aliphatic carbocycles. The molecule has 1 aliphatic heterocycles. The van der Waals surface area contributed by atoms with Gasteiger partial charge in [-0.2, -0.15) is 5.10 Å². The van der Waals surface area contributed by atoms with Gasteiger partial charge in [0.25, 0.3) is 5.56 Å². The maximum atomic E-state index is 14.2. The average molecular weight is 591 g/mol. The molecule has 6 rings (SSSR count). The minimum absolute atomic E-state index is 0.211. The molecule has 0 amide bonds. The molecule has 3 aromatic carbocycles. The van der Waals surface area contributed by atoms with Crippen molar-refractivity contribution >= 4 is 23.4 Å². The number of hydrogen-bond acceptors (Lipinski definition) is 7. The molecule has 1 atom stereocenters. The van der Waals surface area contributed by atoms with Crippen molar-refractivity contribution in [3.63, 3.8) is 0 Å². The number of para-hydroxylation sites is 1. The highest BCUT2D eigenvalue weighted by Crippen LogP contribution is 2.32. The van der Waals surface area contributed by atoms with Gasteiger partial charge in [-0.1, -0.05) is 71.5 Å². The molecule has 2 aromatic heterocycles. The number of rotatable bonds is 7. The van der Waals surface area contributed by atoms with Crippen LogP contribution >= 0.6 is 11.3 Å². The number of esters is 1. The fourth-order valence-electron chi connectivity index (χ4n) is 5.18. The van der Waals surface area contributed by atoms with Crippen molar-refractivity contribution in [3.8, 4) is 22.7 Å². The zero-order chi connectivity index (χ0) is 30.1. The van der Waals surface area contributed by atoms with E-state index in [1.807, 2.05) is 103 Å². The number of aryl methyl sites for hydroxylation is 1. The van der Waals surface area contributed by atoms with Crippen LogP contribution in [0.25, 0.3) is 23.0 Å². The summed E-state index contributed by atoms with van der Waals surface area (Å²) < 4.78 is 14.6. The number of hydrogen-bond donors (Lipinski definition) is 0. The Bertz CT molecular complexity index is 2020. The van der Waals surface area contributed by atoms with Gasteiger partial charge in [-0.25, -0.2) is 14.5 Å². The zero-order valence-electron chi connectivity index (χ0n) is 24.3. The van der Waals surface area contributed by atoms with Crippen molar-refractivity contribution in [2.75, 3.05) is 13.7 Å². The second kappa shape index (κ2) is 11.7. The first-order chi connectivity index (χ1) is 20.9. The van der Waals surface area contributed by atoms with Crippen molar-refractivity contribution < 1.29 is 14.3 Å². The van der Waals surface area contributed by atoms with Crippen LogP contribution in [0.3, 0.4) is 0 Å². The van der Waals surface area contributed by atoms with Crippen LogP contribution < -0.4 is 19.6 Å². The van der Waals surface area contributed by atoms with Crippen LogP contribution in [0.2, 0.25) is 0 Å². The van der Waals surface area contributed by atoms with Gasteiger partial charge in [0.1, 0.15) is 5.75 Å². The Morgan fingerprint density at radius 1 is 1.00 bits per heavy atom. The van der Waals surface area contributed by atoms with Crippen LogP contribution in [0.4, 0.5) is 0 Å². The SMILES string of the molecule is CCOC(=O)C1=C(C)N=c2sc(=Cc3cn(-c4ccccc4)nc3-c3ccc(C)cc3)c(=O)n2C1c1ccc(OC)cc1. The maximum absolute atomic E-state index is 14.2. The van der Waals surface area contributed by atoms with Crippen LogP contribution in [0.1, 0.15) is 36.6 Å². The van der Waals surface area contributed by atoms with E-state index in [1.54, 1.807) is 25.5 Å². The van der Waals surface area contributed by atoms with Gasteiger partial charge in [-0.3, -0.25) is 9.36 Å². The molecule has 43 heavy (non-hydrogen) atoms. The van der Waals surface area contributed by atoms with E-state index in [9.17, 15) is 9.59 Å². The van der Waals surface area contributed by atoms with Crippen molar-refractivity contribution in [2.24, 2.45) is 4.99 Å². The highest BCUT2D eigenvalue weighted by molar-refractivity contribution is 7.07. The highest BCUT2D eigenvalue weighted by atomic mass is 32.1. The molecule has 9 heteroatoms. The first-order valence-corrected chi connectivity index (χ1v) is 14.8. The molecule has 0 saturated heterocycles. The first-order valence-electron chi connectivity index (χ1n) is 13.9. The third-order valence-electron chi connectivity index (χ3n) is 7.32. The summed E-state index contributed by atoms with van der Waals surface area (Å²) in [5.74, 6) is 0.179. The molecule has 0 spiro atoms. The smallest absolute Gasteiger partial charge is 0.338 e. The summed E-state index contributed by atoms with van der Waals surface area (Å²) in [6.07, 6.45) is 3.79. The summed E-state index contributed by atoms with van der Waals surface area (Å²) in [6.45, 7) is 5.79. The van der Waals surface area contributed by atoms with Crippen LogP contribution in [-0.2, 0) is 9.53 Å². The number of benzene rings is 3. The number of aromatic nitrogens is 3. The molecule has 1 unspecified atom stereocenters. The molecular formula is C34H30N4O4S. The van der Waals surface area contributed by atoms with E-state index < -0.39 is 12.0 Å². The highest BCUT2D eigenvalue weighted by Gasteiger charge is 2.33. The lowest BCUT2D eigenvalue weighted by Gasteiger charge is -2.24. The summed E-state index contributed by atoms with van der Waals surface area (Å²) in [7, 11) is 1.59. The summed E-state index contributed by atoms with van der Waals surface area (Å²) in [5.41, 5.74) is 5.90. The predicted octanol–water partition coefficient (Wildman–Crippen LogP) is 4.97. The number of ether oxygens (including phenoxy) is 2. The third-order valence-corrected chi connectivity index (χ3v) is 8.31. The molecular weight excluding hydrogens is 560 g/mol. The van der Waals surface area contributed by atoms with Crippen molar-refractivity contribution in [3.05, 3.63) is 133 Å². The van der Waals surface area contributed by atoms with Crippen LogP contribution in [0, 0.1) is 6.92 Å². The van der Waals surface area contributed by atoms with Gasteiger partial charge in [-0.05, 0) is 56.7 Å². The topological polar surface area (TPSA) is 87.7 Å². The summed E-state index contributed by atoms with van der Waals surface area (Å²) in [6, 6.07) is 24.7. The van der Waals surface area contributed by atoms with Crippen molar-refractivity contribution in [1.82, 2.24) is 14.3 Å². The maximum Gasteiger partial charge on any atom is 0.338 e. The van der Waals surface area contributed by atoms with Crippen molar-refractivity contribution in [2.45, 2.75) is 26.8 Å². The second-order valence-corrected chi connectivity index (χ2v) is 11.2. The monoisotopic (exact) mass is 590 g/mol. The molecule has 8 nitrogen and oxygen atoms in total. The molecule has 0 N–H and O–H groups in total. The Labute approximate surface area is 252 Å². The minimum Gasteiger partial charge on any atom is -0.497 e.